The van der Waals surface area contributed by atoms with Crippen molar-refractivity contribution >= 4 is 11.6 Å². The quantitative estimate of drug-likeness (QED) is 0.940. The van der Waals surface area contributed by atoms with E-state index in [9.17, 15) is 0 Å². The summed E-state index contributed by atoms with van der Waals surface area (Å²) in [5.41, 5.74) is 6.74. The smallest absolute Gasteiger partial charge is 0.259 e. The van der Waals surface area contributed by atoms with Gasteiger partial charge in [-0.3, -0.25) is 4.90 Å². The molecule has 1 saturated heterocycles. The van der Waals surface area contributed by atoms with Crippen LogP contribution in [0.4, 0.5) is 0 Å². The highest BCUT2D eigenvalue weighted by Gasteiger charge is 2.19. The maximum atomic E-state index is 6.12. The largest absolute Gasteiger partial charge is 0.334 e. The SMILES string of the molecule is N[C@@H]1CCCN(Cc2noc(-c3ccccc3Cl)n2)C1. The van der Waals surface area contributed by atoms with Gasteiger partial charge in [0.15, 0.2) is 5.82 Å². The van der Waals surface area contributed by atoms with Crippen LogP contribution in [0.2, 0.25) is 5.02 Å². The summed E-state index contributed by atoms with van der Waals surface area (Å²) >= 11 is 6.12. The molecule has 0 aliphatic carbocycles. The second-order valence-electron chi connectivity index (χ2n) is 5.13. The molecule has 1 fully saturated rings. The monoisotopic (exact) mass is 292 g/mol. The van der Waals surface area contributed by atoms with E-state index in [0.29, 0.717) is 23.3 Å². The summed E-state index contributed by atoms with van der Waals surface area (Å²) in [5.74, 6) is 1.14. The van der Waals surface area contributed by atoms with Gasteiger partial charge in [-0.05, 0) is 31.5 Å². The van der Waals surface area contributed by atoms with E-state index in [1.165, 1.54) is 0 Å². The lowest BCUT2D eigenvalue weighted by atomic mass is 10.1. The number of hydrogen-bond acceptors (Lipinski definition) is 5. The number of halogens is 1. The zero-order chi connectivity index (χ0) is 13.9. The Balaban J connectivity index is 1.72. The van der Waals surface area contributed by atoms with E-state index in [2.05, 4.69) is 15.0 Å². The first-order valence-electron chi connectivity index (χ1n) is 6.78. The van der Waals surface area contributed by atoms with E-state index in [-0.39, 0.29) is 6.04 Å². The lowest BCUT2D eigenvalue weighted by molar-refractivity contribution is 0.195. The van der Waals surface area contributed by atoms with Gasteiger partial charge in [-0.15, -0.1) is 0 Å². The summed E-state index contributed by atoms with van der Waals surface area (Å²) in [6.45, 7) is 2.58. The van der Waals surface area contributed by atoms with Gasteiger partial charge in [-0.2, -0.15) is 4.98 Å². The molecule has 1 aromatic carbocycles. The fourth-order valence-corrected chi connectivity index (χ4v) is 2.71. The van der Waals surface area contributed by atoms with Crippen LogP contribution in [0.5, 0.6) is 0 Å². The Morgan fingerprint density at radius 1 is 1.40 bits per heavy atom. The number of nitrogens with two attached hydrogens (primary N) is 1. The molecule has 2 aromatic rings. The maximum absolute atomic E-state index is 6.12. The van der Waals surface area contributed by atoms with Gasteiger partial charge < -0.3 is 10.3 Å². The first kappa shape index (κ1) is 13.5. The molecule has 6 heteroatoms. The lowest BCUT2D eigenvalue weighted by Crippen LogP contribution is -2.42. The Labute approximate surface area is 122 Å². The Morgan fingerprint density at radius 2 is 2.25 bits per heavy atom. The van der Waals surface area contributed by atoms with Crippen LogP contribution in [0.3, 0.4) is 0 Å². The Kier molecular flexibility index (Phi) is 4.00. The molecule has 1 aromatic heterocycles. The van der Waals surface area contributed by atoms with Crippen LogP contribution in [0.25, 0.3) is 11.5 Å². The van der Waals surface area contributed by atoms with Crippen molar-refractivity contribution in [2.24, 2.45) is 5.73 Å². The van der Waals surface area contributed by atoms with Gasteiger partial charge >= 0.3 is 0 Å². The number of likely N-dealkylation sites (tertiary alicyclic amines) is 1. The van der Waals surface area contributed by atoms with Crippen molar-refractivity contribution in [1.82, 2.24) is 15.0 Å². The van der Waals surface area contributed by atoms with Crippen molar-refractivity contribution < 1.29 is 4.52 Å². The average molecular weight is 293 g/mol. The number of piperidine rings is 1. The predicted molar refractivity (Wildman–Crippen MR) is 77.2 cm³/mol. The number of nitrogens with zero attached hydrogens (tertiary/aromatic N) is 3. The van der Waals surface area contributed by atoms with Crippen LogP contribution in [0, 0.1) is 0 Å². The summed E-state index contributed by atoms with van der Waals surface area (Å²) in [5, 5.41) is 4.64. The number of benzene rings is 1. The highest BCUT2D eigenvalue weighted by atomic mass is 35.5. The van der Waals surface area contributed by atoms with E-state index in [1.54, 1.807) is 0 Å². The van der Waals surface area contributed by atoms with Crippen molar-refractivity contribution in [2.45, 2.75) is 25.4 Å². The lowest BCUT2D eigenvalue weighted by Gasteiger charge is -2.29. The molecule has 0 bridgehead atoms. The molecule has 2 N–H and O–H groups in total. The molecular formula is C14H17ClN4O. The van der Waals surface area contributed by atoms with E-state index in [0.717, 1.165) is 31.5 Å². The summed E-state index contributed by atoms with van der Waals surface area (Å²) in [6.07, 6.45) is 2.21. The maximum Gasteiger partial charge on any atom is 0.259 e. The van der Waals surface area contributed by atoms with Crippen molar-refractivity contribution in [3.63, 3.8) is 0 Å². The molecule has 1 aliphatic rings. The summed E-state index contributed by atoms with van der Waals surface area (Å²) in [6, 6.07) is 7.70. The molecule has 1 atom stereocenters. The molecule has 5 nitrogen and oxygen atoms in total. The first-order chi connectivity index (χ1) is 9.72. The minimum Gasteiger partial charge on any atom is -0.334 e. The van der Waals surface area contributed by atoms with Crippen molar-refractivity contribution in [1.29, 1.82) is 0 Å². The van der Waals surface area contributed by atoms with Crippen LogP contribution in [-0.2, 0) is 6.54 Å². The zero-order valence-corrected chi connectivity index (χ0v) is 11.9. The Morgan fingerprint density at radius 3 is 3.05 bits per heavy atom. The van der Waals surface area contributed by atoms with Crippen molar-refractivity contribution in [3.8, 4) is 11.5 Å². The molecule has 106 valence electrons. The third-order valence-corrected chi connectivity index (χ3v) is 3.81. The van der Waals surface area contributed by atoms with Crippen LogP contribution in [-0.4, -0.2) is 34.2 Å². The van der Waals surface area contributed by atoms with Gasteiger partial charge in [0, 0.05) is 12.6 Å². The zero-order valence-electron chi connectivity index (χ0n) is 11.1. The second-order valence-corrected chi connectivity index (χ2v) is 5.54. The number of aromatic nitrogens is 2. The number of hydrogen-bond donors (Lipinski definition) is 1. The molecular weight excluding hydrogens is 276 g/mol. The van der Waals surface area contributed by atoms with Crippen LogP contribution >= 0.6 is 11.6 Å². The third kappa shape index (κ3) is 3.00. The summed E-state index contributed by atoms with van der Waals surface area (Å²) < 4.78 is 5.30. The van der Waals surface area contributed by atoms with Gasteiger partial charge in [-0.1, -0.05) is 28.9 Å². The average Bonchev–Trinajstić information content (AvgIpc) is 2.87. The standard InChI is InChI=1S/C14H17ClN4O/c15-12-6-2-1-5-11(12)14-17-13(18-20-14)9-19-7-3-4-10(16)8-19/h1-2,5-6,10H,3-4,7-9,16H2/t10-/m1/s1. The number of rotatable bonds is 3. The molecule has 0 spiro atoms. The fraction of sp³-hybridized carbons (Fsp3) is 0.429. The summed E-state index contributed by atoms with van der Waals surface area (Å²) in [7, 11) is 0. The minimum absolute atomic E-state index is 0.249. The highest BCUT2D eigenvalue weighted by Crippen LogP contribution is 2.26. The highest BCUT2D eigenvalue weighted by molar-refractivity contribution is 6.33. The third-order valence-electron chi connectivity index (χ3n) is 3.48. The molecule has 20 heavy (non-hydrogen) atoms. The van der Waals surface area contributed by atoms with Gasteiger partial charge in [0.25, 0.3) is 5.89 Å². The van der Waals surface area contributed by atoms with Crippen LogP contribution < -0.4 is 5.73 Å². The van der Waals surface area contributed by atoms with Crippen molar-refractivity contribution in [2.75, 3.05) is 13.1 Å². The fourth-order valence-electron chi connectivity index (χ4n) is 2.50. The molecule has 0 radical (unpaired) electrons. The van der Waals surface area contributed by atoms with Gasteiger partial charge in [-0.25, -0.2) is 0 Å². The molecule has 0 amide bonds. The van der Waals surface area contributed by atoms with Gasteiger partial charge in [0.1, 0.15) is 0 Å². The molecule has 1 aliphatic heterocycles. The normalized spacial score (nSPS) is 20.2. The molecule has 3 rings (SSSR count). The van der Waals surface area contributed by atoms with Gasteiger partial charge in [0.2, 0.25) is 0 Å². The van der Waals surface area contributed by atoms with E-state index < -0.39 is 0 Å². The van der Waals surface area contributed by atoms with E-state index in [1.807, 2.05) is 24.3 Å². The Hall–Kier alpha value is -1.43. The minimum atomic E-state index is 0.249. The predicted octanol–water partition coefficient (Wildman–Crippen LogP) is 2.31. The molecule has 0 unspecified atom stereocenters. The molecule has 2 heterocycles. The topological polar surface area (TPSA) is 68.2 Å². The van der Waals surface area contributed by atoms with Crippen LogP contribution in [0.15, 0.2) is 28.8 Å². The second kappa shape index (κ2) is 5.91. The molecule has 0 saturated carbocycles. The Bertz CT molecular complexity index is 586. The van der Waals surface area contributed by atoms with Crippen molar-refractivity contribution in [3.05, 3.63) is 35.1 Å². The van der Waals surface area contributed by atoms with E-state index in [4.69, 9.17) is 21.9 Å². The first-order valence-corrected chi connectivity index (χ1v) is 7.15. The van der Waals surface area contributed by atoms with E-state index >= 15 is 0 Å². The van der Waals surface area contributed by atoms with Crippen LogP contribution in [0.1, 0.15) is 18.7 Å². The van der Waals surface area contributed by atoms with Gasteiger partial charge in [0.05, 0.1) is 17.1 Å². The summed E-state index contributed by atoms with van der Waals surface area (Å²) in [4.78, 5) is 6.68.